The monoisotopic (exact) mass is 417 g/mol. The molecule has 1 aliphatic heterocycles. The van der Waals surface area contributed by atoms with Crippen LogP contribution in [0.5, 0.6) is 11.5 Å². The molecular formula is C22H28ClN3O3. The van der Waals surface area contributed by atoms with E-state index < -0.39 is 0 Å². The van der Waals surface area contributed by atoms with Gasteiger partial charge < -0.3 is 14.8 Å². The minimum atomic E-state index is -0.233. The summed E-state index contributed by atoms with van der Waals surface area (Å²) in [4.78, 5) is 17.4. The van der Waals surface area contributed by atoms with Crippen molar-refractivity contribution >= 4 is 23.2 Å². The van der Waals surface area contributed by atoms with Crippen molar-refractivity contribution in [2.75, 3.05) is 45.7 Å². The SMILES string of the molecule is COc1ccc(OC)c(NC(=O)C(C)N2CCN(Cc3ccc(Cl)cc3)CC2)c1. The van der Waals surface area contributed by atoms with E-state index in [9.17, 15) is 4.79 Å². The van der Waals surface area contributed by atoms with Gasteiger partial charge in [-0.25, -0.2) is 0 Å². The molecule has 6 nitrogen and oxygen atoms in total. The zero-order valence-corrected chi connectivity index (χ0v) is 17.9. The summed E-state index contributed by atoms with van der Waals surface area (Å²) in [6, 6.07) is 13.1. The third kappa shape index (κ3) is 5.63. The van der Waals surface area contributed by atoms with Gasteiger partial charge in [0.15, 0.2) is 0 Å². The van der Waals surface area contributed by atoms with E-state index in [1.54, 1.807) is 32.4 Å². The molecule has 0 spiro atoms. The van der Waals surface area contributed by atoms with E-state index in [0.29, 0.717) is 17.2 Å². The van der Waals surface area contributed by atoms with Crippen molar-refractivity contribution in [3.05, 3.63) is 53.1 Å². The lowest BCUT2D eigenvalue weighted by atomic mass is 10.1. The Morgan fingerprint density at radius 2 is 1.76 bits per heavy atom. The Morgan fingerprint density at radius 3 is 2.38 bits per heavy atom. The molecule has 1 atom stereocenters. The van der Waals surface area contributed by atoms with Crippen molar-refractivity contribution in [1.29, 1.82) is 0 Å². The number of hydrogen-bond donors (Lipinski definition) is 1. The van der Waals surface area contributed by atoms with Gasteiger partial charge in [0, 0.05) is 43.8 Å². The highest BCUT2D eigenvalue weighted by Crippen LogP contribution is 2.29. The Balaban J connectivity index is 1.54. The first kappa shape index (κ1) is 21.4. The van der Waals surface area contributed by atoms with E-state index in [1.807, 2.05) is 19.1 Å². The van der Waals surface area contributed by atoms with Gasteiger partial charge in [-0.2, -0.15) is 0 Å². The Morgan fingerprint density at radius 1 is 1.07 bits per heavy atom. The summed E-state index contributed by atoms with van der Waals surface area (Å²) in [5.74, 6) is 1.23. The number of halogens is 1. The molecule has 7 heteroatoms. The fourth-order valence-electron chi connectivity index (χ4n) is 3.47. The third-order valence-corrected chi connectivity index (χ3v) is 5.57. The van der Waals surface area contributed by atoms with E-state index in [4.69, 9.17) is 21.1 Å². The second-order valence-corrected chi connectivity index (χ2v) is 7.61. The van der Waals surface area contributed by atoms with E-state index >= 15 is 0 Å². The van der Waals surface area contributed by atoms with Gasteiger partial charge in [0.25, 0.3) is 0 Å². The summed E-state index contributed by atoms with van der Waals surface area (Å²) in [6.07, 6.45) is 0. The molecule has 156 valence electrons. The van der Waals surface area contributed by atoms with Crippen molar-refractivity contribution in [2.45, 2.75) is 19.5 Å². The number of methoxy groups -OCH3 is 2. The van der Waals surface area contributed by atoms with E-state index in [0.717, 1.165) is 37.7 Å². The second kappa shape index (κ2) is 9.96. The van der Waals surface area contributed by atoms with Crippen molar-refractivity contribution in [3.63, 3.8) is 0 Å². The third-order valence-electron chi connectivity index (χ3n) is 5.32. The highest BCUT2D eigenvalue weighted by Gasteiger charge is 2.26. The molecule has 0 aromatic heterocycles. The summed E-state index contributed by atoms with van der Waals surface area (Å²) < 4.78 is 10.6. The number of carbonyl (C=O) groups excluding carboxylic acids is 1. The number of ether oxygens (including phenoxy) is 2. The molecule has 1 aliphatic rings. The number of anilines is 1. The number of hydrogen-bond acceptors (Lipinski definition) is 5. The zero-order valence-electron chi connectivity index (χ0n) is 17.2. The van der Waals surface area contributed by atoms with Crippen LogP contribution in [0.15, 0.2) is 42.5 Å². The molecule has 1 N–H and O–H groups in total. The summed E-state index contributed by atoms with van der Waals surface area (Å²) in [7, 11) is 3.18. The van der Waals surface area contributed by atoms with E-state index in [1.165, 1.54) is 5.56 Å². The minimum absolute atomic E-state index is 0.0531. The van der Waals surface area contributed by atoms with Gasteiger partial charge >= 0.3 is 0 Å². The van der Waals surface area contributed by atoms with Crippen molar-refractivity contribution in [2.24, 2.45) is 0 Å². The fraction of sp³-hybridized carbons (Fsp3) is 0.409. The smallest absolute Gasteiger partial charge is 0.241 e. The summed E-state index contributed by atoms with van der Waals surface area (Å²) in [5.41, 5.74) is 1.86. The van der Waals surface area contributed by atoms with Crippen LogP contribution in [0.25, 0.3) is 0 Å². The quantitative estimate of drug-likeness (QED) is 0.747. The van der Waals surface area contributed by atoms with E-state index in [-0.39, 0.29) is 11.9 Å². The number of nitrogens with zero attached hydrogens (tertiary/aromatic N) is 2. The molecule has 1 heterocycles. The first-order chi connectivity index (χ1) is 14.0. The molecule has 1 unspecified atom stereocenters. The molecule has 2 aromatic rings. The number of carbonyl (C=O) groups is 1. The molecule has 3 rings (SSSR count). The Bertz CT molecular complexity index is 821. The average molecular weight is 418 g/mol. The summed E-state index contributed by atoms with van der Waals surface area (Å²) >= 11 is 5.96. The summed E-state index contributed by atoms with van der Waals surface area (Å²) in [6.45, 7) is 6.36. The van der Waals surface area contributed by atoms with Crippen molar-refractivity contribution in [1.82, 2.24) is 9.80 Å². The molecule has 0 bridgehead atoms. The Labute approximate surface area is 177 Å². The number of rotatable bonds is 7. The lowest BCUT2D eigenvalue weighted by molar-refractivity contribution is -0.121. The first-order valence-corrected chi connectivity index (χ1v) is 10.1. The lowest BCUT2D eigenvalue weighted by Gasteiger charge is -2.37. The molecule has 2 aromatic carbocycles. The van der Waals surface area contributed by atoms with Gasteiger partial charge in [-0.15, -0.1) is 0 Å². The first-order valence-electron chi connectivity index (χ1n) is 9.74. The topological polar surface area (TPSA) is 54.0 Å². The predicted molar refractivity (Wildman–Crippen MR) is 116 cm³/mol. The maximum Gasteiger partial charge on any atom is 0.241 e. The average Bonchev–Trinajstić information content (AvgIpc) is 2.75. The minimum Gasteiger partial charge on any atom is -0.497 e. The van der Waals surface area contributed by atoms with Crippen LogP contribution < -0.4 is 14.8 Å². The lowest BCUT2D eigenvalue weighted by Crippen LogP contribution is -2.52. The van der Waals surface area contributed by atoms with Gasteiger partial charge in [-0.1, -0.05) is 23.7 Å². The molecule has 0 aliphatic carbocycles. The Hall–Kier alpha value is -2.28. The van der Waals surface area contributed by atoms with Crippen LogP contribution in [-0.2, 0) is 11.3 Å². The van der Waals surface area contributed by atoms with Gasteiger partial charge in [-0.3, -0.25) is 14.6 Å². The van der Waals surface area contributed by atoms with Crippen LogP contribution >= 0.6 is 11.6 Å². The highest BCUT2D eigenvalue weighted by molar-refractivity contribution is 6.30. The zero-order chi connectivity index (χ0) is 20.8. The summed E-state index contributed by atoms with van der Waals surface area (Å²) in [5, 5.41) is 3.73. The van der Waals surface area contributed by atoms with E-state index in [2.05, 4.69) is 27.2 Å². The van der Waals surface area contributed by atoms with Crippen LogP contribution in [0.1, 0.15) is 12.5 Å². The Kier molecular flexibility index (Phi) is 7.36. The predicted octanol–water partition coefficient (Wildman–Crippen LogP) is 3.50. The fourth-order valence-corrected chi connectivity index (χ4v) is 3.60. The van der Waals surface area contributed by atoms with Crippen LogP contribution in [0.3, 0.4) is 0 Å². The molecule has 1 amide bonds. The number of benzene rings is 2. The number of nitrogens with one attached hydrogen (secondary N) is 1. The number of piperazine rings is 1. The van der Waals surface area contributed by atoms with Crippen molar-refractivity contribution < 1.29 is 14.3 Å². The van der Waals surface area contributed by atoms with Crippen LogP contribution in [-0.4, -0.2) is 62.1 Å². The maximum atomic E-state index is 12.8. The van der Waals surface area contributed by atoms with Gasteiger partial charge in [0.2, 0.25) is 5.91 Å². The van der Waals surface area contributed by atoms with Crippen LogP contribution in [0.4, 0.5) is 5.69 Å². The van der Waals surface area contributed by atoms with Gasteiger partial charge in [0.05, 0.1) is 25.9 Å². The molecule has 1 saturated heterocycles. The largest absolute Gasteiger partial charge is 0.497 e. The standard InChI is InChI=1S/C22H28ClN3O3/c1-16(22(27)24-20-14-19(28-2)8-9-21(20)29-3)26-12-10-25(11-13-26)15-17-4-6-18(23)7-5-17/h4-9,14,16H,10-13,15H2,1-3H3,(H,24,27). The van der Waals surface area contributed by atoms with Gasteiger partial charge in [-0.05, 0) is 36.8 Å². The molecule has 0 radical (unpaired) electrons. The molecule has 0 saturated carbocycles. The number of amides is 1. The van der Waals surface area contributed by atoms with Crippen LogP contribution in [0.2, 0.25) is 5.02 Å². The van der Waals surface area contributed by atoms with Gasteiger partial charge in [0.1, 0.15) is 11.5 Å². The second-order valence-electron chi connectivity index (χ2n) is 7.17. The van der Waals surface area contributed by atoms with Crippen molar-refractivity contribution in [3.8, 4) is 11.5 Å². The normalized spacial score (nSPS) is 16.3. The molecule has 29 heavy (non-hydrogen) atoms. The molecule has 1 fully saturated rings. The highest BCUT2D eigenvalue weighted by atomic mass is 35.5. The molecular weight excluding hydrogens is 390 g/mol. The van der Waals surface area contributed by atoms with Crippen LogP contribution in [0, 0.1) is 0 Å². The maximum absolute atomic E-state index is 12.8.